The number of alkyl halides is 3. The normalized spacial score (nSPS) is 17.3. The van der Waals surface area contributed by atoms with Crippen LogP contribution in [0.5, 0.6) is 0 Å². The summed E-state index contributed by atoms with van der Waals surface area (Å²) in [5.74, 6) is -1.40. The van der Waals surface area contributed by atoms with E-state index in [1.165, 1.54) is 6.92 Å². The van der Waals surface area contributed by atoms with Crippen molar-refractivity contribution in [2.45, 2.75) is 44.7 Å². The standard InChI is InChI=1S/C8H14F3NO3/c1-4(5(12)6(13)14)15-7(2,3)8(9,10)11/h4-5H,12H2,1-3H3,(H,13,14)/t4-,5+/m1/s1. The van der Waals surface area contributed by atoms with E-state index in [-0.39, 0.29) is 0 Å². The zero-order valence-electron chi connectivity index (χ0n) is 8.63. The average molecular weight is 229 g/mol. The zero-order valence-corrected chi connectivity index (χ0v) is 8.63. The summed E-state index contributed by atoms with van der Waals surface area (Å²) in [6.45, 7) is 2.82. The minimum atomic E-state index is -4.57. The molecule has 0 saturated carbocycles. The van der Waals surface area contributed by atoms with Crippen molar-refractivity contribution in [2.75, 3.05) is 0 Å². The Balaban J connectivity index is 4.54. The summed E-state index contributed by atoms with van der Waals surface area (Å²) >= 11 is 0. The number of hydrogen-bond acceptors (Lipinski definition) is 3. The van der Waals surface area contributed by atoms with E-state index >= 15 is 0 Å². The second kappa shape index (κ2) is 4.36. The number of carbonyl (C=O) groups is 1. The molecule has 0 rings (SSSR count). The molecule has 0 aromatic heterocycles. The molecule has 0 aliphatic heterocycles. The van der Waals surface area contributed by atoms with E-state index in [0.717, 1.165) is 13.8 Å². The molecule has 15 heavy (non-hydrogen) atoms. The lowest BCUT2D eigenvalue weighted by molar-refractivity contribution is -0.276. The first-order chi connectivity index (χ1) is 6.49. The van der Waals surface area contributed by atoms with Crippen LogP contribution in [0.15, 0.2) is 0 Å². The number of ether oxygens (including phenoxy) is 1. The largest absolute Gasteiger partial charge is 0.480 e. The third kappa shape index (κ3) is 3.67. The Hall–Kier alpha value is -0.820. The number of carboxylic acid groups (broad SMARTS) is 1. The molecule has 0 aromatic rings. The van der Waals surface area contributed by atoms with Gasteiger partial charge in [-0.3, -0.25) is 4.79 Å². The van der Waals surface area contributed by atoms with Gasteiger partial charge in [-0.15, -0.1) is 0 Å². The number of nitrogens with two attached hydrogens (primary N) is 1. The fraction of sp³-hybridized carbons (Fsp3) is 0.875. The Kier molecular flexibility index (Phi) is 4.12. The van der Waals surface area contributed by atoms with Gasteiger partial charge in [0, 0.05) is 0 Å². The van der Waals surface area contributed by atoms with Crippen molar-refractivity contribution in [1.82, 2.24) is 0 Å². The number of aliphatic carboxylic acids is 1. The molecule has 0 heterocycles. The predicted octanol–water partition coefficient (Wildman–Crippen LogP) is 1.14. The van der Waals surface area contributed by atoms with Gasteiger partial charge in [0.25, 0.3) is 0 Å². The second-order valence-corrected chi connectivity index (χ2v) is 3.70. The van der Waals surface area contributed by atoms with Crippen LogP contribution in [0.3, 0.4) is 0 Å². The van der Waals surface area contributed by atoms with Gasteiger partial charge in [-0.25, -0.2) is 0 Å². The van der Waals surface area contributed by atoms with E-state index in [2.05, 4.69) is 4.74 Å². The number of carboxylic acids is 1. The summed E-state index contributed by atoms with van der Waals surface area (Å²) in [4.78, 5) is 10.4. The second-order valence-electron chi connectivity index (χ2n) is 3.70. The van der Waals surface area contributed by atoms with Crippen molar-refractivity contribution in [3.8, 4) is 0 Å². The summed E-state index contributed by atoms with van der Waals surface area (Å²) < 4.78 is 41.6. The van der Waals surface area contributed by atoms with E-state index in [0.29, 0.717) is 0 Å². The summed E-state index contributed by atoms with van der Waals surface area (Å²) in [5, 5.41) is 8.47. The first kappa shape index (κ1) is 14.2. The molecule has 0 radical (unpaired) electrons. The molecular weight excluding hydrogens is 215 g/mol. The molecule has 0 aliphatic carbocycles. The van der Waals surface area contributed by atoms with Crippen LogP contribution in [0.25, 0.3) is 0 Å². The van der Waals surface area contributed by atoms with Gasteiger partial charge >= 0.3 is 12.1 Å². The first-order valence-corrected chi connectivity index (χ1v) is 4.22. The van der Waals surface area contributed by atoms with Crippen LogP contribution in [-0.2, 0) is 9.53 Å². The Labute approximate surface area is 85.2 Å². The van der Waals surface area contributed by atoms with Crippen LogP contribution < -0.4 is 5.73 Å². The van der Waals surface area contributed by atoms with Gasteiger partial charge in [-0.1, -0.05) is 0 Å². The highest BCUT2D eigenvalue weighted by Crippen LogP contribution is 2.33. The number of halogens is 3. The smallest absolute Gasteiger partial charge is 0.416 e. The molecule has 2 atom stereocenters. The summed E-state index contributed by atoms with van der Waals surface area (Å²) in [6, 6.07) is -1.48. The minimum Gasteiger partial charge on any atom is -0.480 e. The fourth-order valence-electron chi connectivity index (χ4n) is 0.806. The van der Waals surface area contributed by atoms with E-state index in [4.69, 9.17) is 10.8 Å². The van der Waals surface area contributed by atoms with Crippen LogP contribution in [0.4, 0.5) is 13.2 Å². The van der Waals surface area contributed by atoms with Gasteiger partial charge in [0.2, 0.25) is 0 Å². The molecule has 0 unspecified atom stereocenters. The van der Waals surface area contributed by atoms with Crippen molar-refractivity contribution in [3.63, 3.8) is 0 Å². The Morgan fingerprint density at radius 2 is 1.80 bits per heavy atom. The van der Waals surface area contributed by atoms with E-state index in [1.807, 2.05) is 0 Å². The molecule has 0 fully saturated rings. The SMILES string of the molecule is C[C@@H](OC(C)(C)C(F)(F)F)[C@H](N)C(=O)O. The monoisotopic (exact) mass is 229 g/mol. The Bertz CT molecular complexity index is 240. The lowest BCUT2D eigenvalue weighted by Gasteiger charge is -2.32. The van der Waals surface area contributed by atoms with Gasteiger partial charge in [0.1, 0.15) is 6.04 Å². The van der Waals surface area contributed by atoms with Crippen molar-refractivity contribution >= 4 is 5.97 Å². The fourth-order valence-corrected chi connectivity index (χ4v) is 0.806. The minimum absolute atomic E-state index is 0.818. The lowest BCUT2D eigenvalue weighted by atomic mass is 10.1. The molecule has 0 aliphatic rings. The van der Waals surface area contributed by atoms with Crippen LogP contribution in [0.2, 0.25) is 0 Å². The molecule has 0 aromatic carbocycles. The van der Waals surface area contributed by atoms with Gasteiger partial charge in [0.15, 0.2) is 5.60 Å². The van der Waals surface area contributed by atoms with Gasteiger partial charge < -0.3 is 15.6 Å². The highest BCUT2D eigenvalue weighted by Gasteiger charge is 2.50. The number of rotatable bonds is 4. The zero-order chi connectivity index (χ0) is 12.4. The maximum absolute atomic E-state index is 12.3. The van der Waals surface area contributed by atoms with E-state index < -0.39 is 29.9 Å². The van der Waals surface area contributed by atoms with Gasteiger partial charge in [-0.05, 0) is 20.8 Å². The van der Waals surface area contributed by atoms with Gasteiger partial charge in [-0.2, -0.15) is 13.2 Å². The highest BCUT2D eigenvalue weighted by molar-refractivity contribution is 5.73. The molecule has 7 heteroatoms. The summed E-state index contributed by atoms with van der Waals surface area (Å²) in [5.41, 5.74) is 2.70. The van der Waals surface area contributed by atoms with E-state index in [1.54, 1.807) is 0 Å². The maximum Gasteiger partial charge on any atom is 0.416 e. The molecular formula is C8H14F3NO3. The third-order valence-electron chi connectivity index (χ3n) is 1.95. The van der Waals surface area contributed by atoms with Crippen molar-refractivity contribution in [1.29, 1.82) is 0 Å². The molecule has 0 saturated heterocycles. The van der Waals surface area contributed by atoms with Crippen molar-refractivity contribution in [2.24, 2.45) is 5.73 Å². The number of hydrogen-bond donors (Lipinski definition) is 2. The maximum atomic E-state index is 12.3. The molecule has 0 amide bonds. The quantitative estimate of drug-likeness (QED) is 0.758. The van der Waals surface area contributed by atoms with Crippen LogP contribution in [0, 0.1) is 0 Å². The molecule has 0 bridgehead atoms. The average Bonchev–Trinajstić information content (AvgIpc) is 1.99. The Morgan fingerprint density at radius 3 is 2.07 bits per heavy atom. The van der Waals surface area contributed by atoms with E-state index in [9.17, 15) is 18.0 Å². The molecule has 90 valence electrons. The van der Waals surface area contributed by atoms with Crippen LogP contribution >= 0.6 is 0 Å². The predicted molar refractivity (Wildman–Crippen MR) is 46.3 cm³/mol. The summed E-state index contributed by atoms with van der Waals surface area (Å²) in [7, 11) is 0. The molecule has 3 N–H and O–H groups in total. The molecule has 0 spiro atoms. The van der Waals surface area contributed by atoms with Crippen LogP contribution in [-0.4, -0.2) is 35.0 Å². The highest BCUT2D eigenvalue weighted by atomic mass is 19.4. The van der Waals surface area contributed by atoms with Crippen molar-refractivity contribution < 1.29 is 27.8 Å². The lowest BCUT2D eigenvalue weighted by Crippen LogP contribution is -2.50. The summed E-state index contributed by atoms with van der Waals surface area (Å²) in [6.07, 6.45) is -5.79. The van der Waals surface area contributed by atoms with Gasteiger partial charge in [0.05, 0.1) is 6.10 Å². The topological polar surface area (TPSA) is 72.5 Å². The van der Waals surface area contributed by atoms with Crippen LogP contribution in [0.1, 0.15) is 20.8 Å². The first-order valence-electron chi connectivity index (χ1n) is 4.22. The third-order valence-corrected chi connectivity index (χ3v) is 1.95. The molecule has 4 nitrogen and oxygen atoms in total. The van der Waals surface area contributed by atoms with Crippen molar-refractivity contribution in [3.05, 3.63) is 0 Å². The Morgan fingerprint density at radius 1 is 1.40 bits per heavy atom.